The molecule has 0 N–H and O–H groups in total. The number of anilines is 1. The molecule has 4 heteroatoms. The van der Waals surface area contributed by atoms with E-state index in [-0.39, 0.29) is 5.82 Å². The van der Waals surface area contributed by atoms with Crippen LogP contribution in [0, 0.1) is 11.9 Å². The molecule has 1 nitrogen and oxygen atoms in total. The van der Waals surface area contributed by atoms with Gasteiger partial charge in [-0.2, -0.15) is 0 Å². The van der Waals surface area contributed by atoms with Gasteiger partial charge in [0.05, 0.1) is 10.7 Å². The second-order valence-corrected chi connectivity index (χ2v) is 4.16. The van der Waals surface area contributed by atoms with Crippen LogP contribution in [0.3, 0.4) is 0 Å². The van der Waals surface area contributed by atoms with Crippen molar-refractivity contribution in [3.05, 3.63) is 28.5 Å². The lowest BCUT2D eigenvalue weighted by molar-refractivity contribution is 0.624. The Hall–Kier alpha value is -0.410. The highest BCUT2D eigenvalue weighted by Gasteiger charge is 2.22. The van der Waals surface area contributed by atoms with Crippen LogP contribution in [0.1, 0.15) is 12.5 Å². The number of halogens is 2. The highest BCUT2D eigenvalue weighted by atomic mass is 35.5. The van der Waals surface area contributed by atoms with Gasteiger partial charge in [0.25, 0.3) is 0 Å². The minimum Gasteiger partial charge on any atom is -0.314 e. The van der Waals surface area contributed by atoms with Crippen LogP contribution in [0.5, 0.6) is 0 Å². The molecule has 0 bridgehead atoms. The van der Waals surface area contributed by atoms with E-state index in [0.717, 1.165) is 23.5 Å². The van der Waals surface area contributed by atoms with Gasteiger partial charge in [-0.3, -0.25) is 0 Å². The van der Waals surface area contributed by atoms with Crippen LogP contribution < -0.4 is 4.31 Å². The maximum absolute atomic E-state index is 12.9. The first-order chi connectivity index (χ1) is 6.22. The van der Waals surface area contributed by atoms with Crippen LogP contribution in [0.2, 0.25) is 5.02 Å². The summed E-state index contributed by atoms with van der Waals surface area (Å²) in [5.74, 6) is 0.392. The summed E-state index contributed by atoms with van der Waals surface area (Å²) in [6, 6.07) is 3.99. The molecule has 2 rings (SSSR count). The molecule has 13 heavy (non-hydrogen) atoms. The Morgan fingerprint density at radius 1 is 1.77 bits per heavy atom. The minimum absolute atomic E-state index is 0.373. The van der Waals surface area contributed by atoms with Crippen molar-refractivity contribution in [3.8, 4) is 0 Å². The van der Waals surface area contributed by atoms with Gasteiger partial charge in [-0.05, 0) is 24.9 Å². The van der Waals surface area contributed by atoms with E-state index in [1.807, 2.05) is 6.92 Å². The van der Waals surface area contributed by atoms with Gasteiger partial charge in [-0.1, -0.05) is 11.6 Å². The number of hydrogen-bond donors (Lipinski definition) is 0. The van der Waals surface area contributed by atoms with E-state index in [0.29, 0.717) is 5.02 Å². The Balaban J connectivity index is 2.51. The number of hydrogen-bond acceptors (Lipinski definition) is 2. The summed E-state index contributed by atoms with van der Waals surface area (Å²) >= 11 is 7.58. The summed E-state index contributed by atoms with van der Waals surface area (Å²) < 4.78 is 14.9. The lowest BCUT2D eigenvalue weighted by Crippen LogP contribution is -2.09. The third kappa shape index (κ3) is 1.51. The standard InChI is InChI=1S/C9H8ClFNS/c1-2-12-9-6(5-13-12)3-7(11)4-8(9)10/h4H,2,5H2,1H3. The lowest BCUT2D eigenvalue weighted by atomic mass is 10.2. The van der Waals surface area contributed by atoms with Gasteiger partial charge >= 0.3 is 0 Å². The Bertz CT molecular complexity index is 343. The maximum atomic E-state index is 12.9. The summed E-state index contributed by atoms with van der Waals surface area (Å²) in [6.07, 6.45) is 0. The summed E-state index contributed by atoms with van der Waals surface area (Å²) in [4.78, 5) is 0. The summed E-state index contributed by atoms with van der Waals surface area (Å²) in [5.41, 5.74) is 1.80. The van der Waals surface area contributed by atoms with Gasteiger partial charge < -0.3 is 4.31 Å². The predicted molar refractivity (Wildman–Crippen MR) is 54.6 cm³/mol. The Morgan fingerprint density at radius 3 is 3.23 bits per heavy atom. The zero-order chi connectivity index (χ0) is 9.42. The molecule has 0 amide bonds. The number of nitrogens with zero attached hydrogens (tertiary/aromatic N) is 1. The van der Waals surface area contributed by atoms with E-state index in [9.17, 15) is 4.39 Å². The molecule has 0 aromatic heterocycles. The smallest absolute Gasteiger partial charge is 0.133 e. The van der Waals surface area contributed by atoms with Crippen molar-refractivity contribution in [2.45, 2.75) is 12.7 Å². The average Bonchev–Trinajstić information content (AvgIpc) is 2.47. The normalized spacial score (nSPS) is 14.8. The molecule has 0 aliphatic carbocycles. The summed E-state index contributed by atoms with van der Waals surface area (Å²) in [5, 5.41) is 0.484. The maximum Gasteiger partial charge on any atom is 0.133 e. The SMILES string of the molecule is CCN1SCc2[c]c(F)cc(Cl)c21. The Morgan fingerprint density at radius 2 is 2.54 bits per heavy atom. The minimum atomic E-state index is -0.373. The van der Waals surface area contributed by atoms with E-state index >= 15 is 0 Å². The Labute approximate surface area is 86.0 Å². The van der Waals surface area contributed by atoms with Crippen molar-refractivity contribution in [1.82, 2.24) is 0 Å². The van der Waals surface area contributed by atoms with Gasteiger partial charge in [0.1, 0.15) is 5.82 Å². The van der Waals surface area contributed by atoms with Crippen LogP contribution in [0.15, 0.2) is 6.07 Å². The van der Waals surface area contributed by atoms with Crippen molar-refractivity contribution < 1.29 is 4.39 Å². The van der Waals surface area contributed by atoms with E-state index in [1.54, 1.807) is 11.9 Å². The van der Waals surface area contributed by atoms with Crippen LogP contribution in [-0.2, 0) is 5.75 Å². The number of fused-ring (bicyclic) bond motifs is 1. The molecule has 1 radical (unpaired) electrons. The molecule has 1 heterocycles. The molecule has 1 aromatic rings. The monoisotopic (exact) mass is 216 g/mol. The molecule has 69 valence electrons. The molecule has 1 aromatic carbocycles. The van der Waals surface area contributed by atoms with Crippen LogP contribution in [0.4, 0.5) is 10.1 Å². The summed E-state index contributed by atoms with van der Waals surface area (Å²) in [6.45, 7) is 2.92. The van der Waals surface area contributed by atoms with E-state index < -0.39 is 0 Å². The molecule has 0 fully saturated rings. The van der Waals surface area contributed by atoms with Gasteiger partial charge in [-0.15, -0.1) is 0 Å². The van der Waals surface area contributed by atoms with Gasteiger partial charge in [0.15, 0.2) is 0 Å². The second kappa shape index (κ2) is 3.39. The molecule has 0 unspecified atom stereocenters. The highest BCUT2D eigenvalue weighted by molar-refractivity contribution is 8.00. The molecular weight excluding hydrogens is 209 g/mol. The van der Waals surface area contributed by atoms with Gasteiger partial charge in [-0.25, -0.2) is 4.39 Å². The summed E-state index contributed by atoms with van der Waals surface area (Å²) in [7, 11) is 0. The fraction of sp³-hybridized carbons (Fsp3) is 0.333. The fourth-order valence-corrected chi connectivity index (χ4v) is 2.77. The topological polar surface area (TPSA) is 3.24 Å². The van der Waals surface area contributed by atoms with Crippen molar-refractivity contribution in [2.75, 3.05) is 10.8 Å². The zero-order valence-corrected chi connectivity index (χ0v) is 8.68. The highest BCUT2D eigenvalue weighted by Crippen LogP contribution is 2.42. The second-order valence-electron chi connectivity index (χ2n) is 2.76. The molecular formula is C9H8ClFNS. The molecule has 0 spiro atoms. The van der Waals surface area contributed by atoms with Crippen molar-refractivity contribution in [1.29, 1.82) is 0 Å². The van der Waals surface area contributed by atoms with Crippen LogP contribution in [-0.4, -0.2) is 6.54 Å². The first-order valence-electron chi connectivity index (χ1n) is 4.03. The zero-order valence-electron chi connectivity index (χ0n) is 7.10. The quantitative estimate of drug-likeness (QED) is 0.663. The van der Waals surface area contributed by atoms with Crippen LogP contribution >= 0.6 is 23.5 Å². The predicted octanol–water partition coefficient (Wildman–Crippen LogP) is 3.27. The molecule has 1 aliphatic heterocycles. The van der Waals surface area contributed by atoms with Gasteiger partial charge in [0.2, 0.25) is 0 Å². The average molecular weight is 217 g/mol. The lowest BCUT2D eigenvalue weighted by Gasteiger charge is -2.15. The molecule has 0 saturated carbocycles. The third-order valence-electron chi connectivity index (χ3n) is 1.94. The van der Waals surface area contributed by atoms with Crippen molar-refractivity contribution in [3.63, 3.8) is 0 Å². The van der Waals surface area contributed by atoms with Crippen LogP contribution in [0.25, 0.3) is 0 Å². The first-order valence-corrected chi connectivity index (χ1v) is 5.35. The van der Waals surface area contributed by atoms with E-state index in [4.69, 9.17) is 11.6 Å². The largest absolute Gasteiger partial charge is 0.314 e. The molecule has 0 atom stereocenters. The molecule has 0 saturated heterocycles. The fourth-order valence-electron chi connectivity index (χ4n) is 1.39. The van der Waals surface area contributed by atoms with Gasteiger partial charge in [0, 0.05) is 23.9 Å². The van der Waals surface area contributed by atoms with Crippen molar-refractivity contribution >= 4 is 29.2 Å². The third-order valence-corrected chi connectivity index (χ3v) is 3.40. The van der Waals surface area contributed by atoms with Crippen molar-refractivity contribution in [2.24, 2.45) is 0 Å². The Kier molecular flexibility index (Phi) is 2.39. The number of benzene rings is 1. The molecule has 1 aliphatic rings. The number of rotatable bonds is 1. The van der Waals surface area contributed by atoms with E-state index in [1.165, 1.54) is 6.07 Å². The first kappa shape index (κ1) is 9.16. The van der Waals surface area contributed by atoms with E-state index in [2.05, 4.69) is 10.4 Å².